The van der Waals surface area contributed by atoms with Gasteiger partial charge in [0, 0.05) is 31.3 Å². The minimum absolute atomic E-state index is 0.218. The summed E-state index contributed by atoms with van der Waals surface area (Å²) in [7, 11) is 0. The molecule has 0 unspecified atom stereocenters. The Hall–Kier alpha value is -2.12. The lowest BCUT2D eigenvalue weighted by atomic mass is 9.82. The molecule has 2 heterocycles. The number of pyridine rings is 1. The van der Waals surface area contributed by atoms with Crippen LogP contribution >= 0.6 is 0 Å². The zero-order chi connectivity index (χ0) is 14.7. The summed E-state index contributed by atoms with van der Waals surface area (Å²) < 4.78 is 5.44. The first-order valence-corrected chi connectivity index (χ1v) is 7.31. The highest BCUT2D eigenvalue weighted by Gasteiger charge is 2.27. The van der Waals surface area contributed by atoms with Gasteiger partial charge in [-0.2, -0.15) is 5.26 Å². The molecule has 108 valence electrons. The normalized spacial score (nSPS) is 17.3. The number of nitrogens with zero attached hydrogens (tertiary/aromatic N) is 2. The van der Waals surface area contributed by atoms with E-state index < -0.39 is 0 Å². The second kappa shape index (κ2) is 5.71. The number of nitrogens with one attached hydrogen (secondary N) is 1. The van der Waals surface area contributed by atoms with Gasteiger partial charge in [-0.3, -0.25) is 4.98 Å². The van der Waals surface area contributed by atoms with Crippen molar-refractivity contribution in [2.45, 2.75) is 19.8 Å². The van der Waals surface area contributed by atoms with Crippen LogP contribution in [-0.4, -0.2) is 24.7 Å². The molecule has 0 aliphatic carbocycles. The number of rotatable bonds is 3. The van der Waals surface area contributed by atoms with E-state index in [4.69, 9.17) is 4.74 Å². The lowest BCUT2D eigenvalue weighted by Crippen LogP contribution is -2.33. The van der Waals surface area contributed by atoms with Crippen molar-refractivity contribution in [3.8, 4) is 6.07 Å². The van der Waals surface area contributed by atoms with Crippen LogP contribution < -0.4 is 5.32 Å². The summed E-state index contributed by atoms with van der Waals surface area (Å²) in [5, 5.41) is 13.8. The maximum absolute atomic E-state index is 9.33. The third kappa shape index (κ3) is 2.84. The first kappa shape index (κ1) is 13.8. The standard InChI is InChI=1S/C17H19N3O/c1-17(6-8-21-9-7-17)12-20-16-13(10-18)11-19-15-5-3-2-4-14(15)16/h2-5,11H,6-9,12H2,1H3,(H,19,20). The maximum atomic E-state index is 9.33. The van der Waals surface area contributed by atoms with Crippen molar-refractivity contribution in [2.24, 2.45) is 5.41 Å². The molecule has 1 aromatic heterocycles. The minimum atomic E-state index is 0.218. The Morgan fingerprint density at radius 1 is 1.33 bits per heavy atom. The van der Waals surface area contributed by atoms with Crippen molar-refractivity contribution in [3.05, 3.63) is 36.0 Å². The number of hydrogen-bond acceptors (Lipinski definition) is 4. The summed E-state index contributed by atoms with van der Waals surface area (Å²) in [6.45, 7) is 4.76. The Kier molecular flexibility index (Phi) is 3.76. The van der Waals surface area contributed by atoms with E-state index in [9.17, 15) is 5.26 Å². The van der Waals surface area contributed by atoms with E-state index in [1.54, 1.807) is 6.20 Å². The lowest BCUT2D eigenvalue weighted by molar-refractivity contribution is 0.0300. The fraction of sp³-hybridized carbons (Fsp3) is 0.412. The Morgan fingerprint density at radius 3 is 2.86 bits per heavy atom. The van der Waals surface area contributed by atoms with Gasteiger partial charge < -0.3 is 10.1 Å². The van der Waals surface area contributed by atoms with Gasteiger partial charge in [0.25, 0.3) is 0 Å². The van der Waals surface area contributed by atoms with Gasteiger partial charge in [0.2, 0.25) is 0 Å². The first-order chi connectivity index (χ1) is 10.2. The molecule has 1 aliphatic rings. The number of anilines is 1. The van der Waals surface area contributed by atoms with Gasteiger partial charge in [0.05, 0.1) is 16.8 Å². The van der Waals surface area contributed by atoms with Crippen LogP contribution in [-0.2, 0) is 4.74 Å². The van der Waals surface area contributed by atoms with Crippen LogP contribution in [0, 0.1) is 16.7 Å². The van der Waals surface area contributed by atoms with Gasteiger partial charge in [0.1, 0.15) is 6.07 Å². The van der Waals surface area contributed by atoms with Crippen molar-refractivity contribution in [1.29, 1.82) is 5.26 Å². The number of benzene rings is 1. The summed E-state index contributed by atoms with van der Waals surface area (Å²) in [6.07, 6.45) is 3.74. The van der Waals surface area contributed by atoms with Crippen molar-refractivity contribution < 1.29 is 4.74 Å². The Balaban J connectivity index is 1.90. The van der Waals surface area contributed by atoms with Crippen LogP contribution in [0.2, 0.25) is 0 Å². The van der Waals surface area contributed by atoms with Gasteiger partial charge in [-0.25, -0.2) is 0 Å². The smallest absolute Gasteiger partial charge is 0.103 e. The molecule has 0 amide bonds. The number of para-hydroxylation sites is 1. The van der Waals surface area contributed by atoms with Crippen LogP contribution in [0.25, 0.3) is 10.9 Å². The van der Waals surface area contributed by atoms with Gasteiger partial charge >= 0.3 is 0 Å². The third-order valence-corrected chi connectivity index (χ3v) is 4.29. The second-order valence-corrected chi connectivity index (χ2v) is 5.95. The largest absolute Gasteiger partial charge is 0.383 e. The Morgan fingerprint density at radius 2 is 2.10 bits per heavy atom. The Bertz CT molecular complexity index is 684. The third-order valence-electron chi connectivity index (χ3n) is 4.29. The number of fused-ring (bicyclic) bond motifs is 1. The van der Waals surface area contributed by atoms with E-state index >= 15 is 0 Å². The fourth-order valence-electron chi connectivity index (χ4n) is 2.76. The van der Waals surface area contributed by atoms with Gasteiger partial charge in [-0.1, -0.05) is 25.1 Å². The van der Waals surface area contributed by atoms with Gasteiger partial charge in [0.15, 0.2) is 0 Å². The molecule has 4 heteroatoms. The van der Waals surface area contributed by atoms with E-state index in [-0.39, 0.29) is 5.41 Å². The minimum Gasteiger partial charge on any atom is -0.383 e. The summed E-state index contributed by atoms with van der Waals surface area (Å²) in [4.78, 5) is 4.34. The molecule has 1 aliphatic heterocycles. The highest BCUT2D eigenvalue weighted by Crippen LogP contribution is 2.32. The molecule has 0 saturated carbocycles. The van der Waals surface area contributed by atoms with E-state index in [2.05, 4.69) is 23.3 Å². The Labute approximate surface area is 124 Å². The monoisotopic (exact) mass is 281 g/mol. The number of ether oxygens (including phenoxy) is 1. The molecule has 2 aromatic rings. The zero-order valence-electron chi connectivity index (χ0n) is 12.2. The highest BCUT2D eigenvalue weighted by molar-refractivity contribution is 5.93. The second-order valence-electron chi connectivity index (χ2n) is 5.95. The van der Waals surface area contributed by atoms with E-state index in [1.165, 1.54) is 0 Å². The topological polar surface area (TPSA) is 57.9 Å². The quantitative estimate of drug-likeness (QED) is 0.937. The molecule has 1 aromatic carbocycles. The predicted octanol–water partition coefficient (Wildman–Crippen LogP) is 3.34. The highest BCUT2D eigenvalue weighted by atomic mass is 16.5. The van der Waals surface area contributed by atoms with Crippen molar-refractivity contribution >= 4 is 16.6 Å². The van der Waals surface area contributed by atoms with Crippen LogP contribution in [0.5, 0.6) is 0 Å². The fourth-order valence-corrected chi connectivity index (χ4v) is 2.76. The predicted molar refractivity (Wildman–Crippen MR) is 83.1 cm³/mol. The van der Waals surface area contributed by atoms with Crippen LogP contribution in [0.15, 0.2) is 30.5 Å². The molecular weight excluding hydrogens is 262 g/mol. The van der Waals surface area contributed by atoms with Gasteiger partial charge in [-0.15, -0.1) is 0 Å². The van der Waals surface area contributed by atoms with Crippen LogP contribution in [0.4, 0.5) is 5.69 Å². The molecule has 1 fully saturated rings. The number of aromatic nitrogens is 1. The molecule has 1 N–H and O–H groups in total. The van der Waals surface area contributed by atoms with E-state index in [0.717, 1.165) is 49.2 Å². The molecule has 0 atom stereocenters. The molecule has 0 radical (unpaired) electrons. The van der Waals surface area contributed by atoms with E-state index in [0.29, 0.717) is 5.56 Å². The maximum Gasteiger partial charge on any atom is 0.103 e. The lowest BCUT2D eigenvalue weighted by Gasteiger charge is -2.34. The van der Waals surface area contributed by atoms with Crippen LogP contribution in [0.3, 0.4) is 0 Å². The summed E-state index contributed by atoms with van der Waals surface area (Å²) >= 11 is 0. The summed E-state index contributed by atoms with van der Waals surface area (Å²) in [5.74, 6) is 0. The number of hydrogen-bond donors (Lipinski definition) is 1. The molecule has 21 heavy (non-hydrogen) atoms. The average molecular weight is 281 g/mol. The molecule has 1 saturated heterocycles. The molecule has 4 nitrogen and oxygen atoms in total. The summed E-state index contributed by atoms with van der Waals surface area (Å²) in [6, 6.07) is 10.2. The SMILES string of the molecule is CC1(CNc2c(C#N)cnc3ccccc23)CCOCC1. The molecule has 0 bridgehead atoms. The van der Waals surface area contributed by atoms with Crippen molar-refractivity contribution in [1.82, 2.24) is 4.98 Å². The zero-order valence-corrected chi connectivity index (χ0v) is 12.2. The van der Waals surface area contributed by atoms with Crippen molar-refractivity contribution in [3.63, 3.8) is 0 Å². The molecular formula is C17H19N3O. The van der Waals surface area contributed by atoms with Crippen molar-refractivity contribution in [2.75, 3.05) is 25.1 Å². The first-order valence-electron chi connectivity index (χ1n) is 7.31. The van der Waals surface area contributed by atoms with Gasteiger partial charge in [-0.05, 0) is 24.3 Å². The molecule has 0 spiro atoms. The average Bonchev–Trinajstić information content (AvgIpc) is 2.53. The summed E-state index contributed by atoms with van der Waals surface area (Å²) in [5.41, 5.74) is 2.63. The van der Waals surface area contributed by atoms with Crippen LogP contribution in [0.1, 0.15) is 25.3 Å². The molecule has 3 rings (SSSR count). The number of nitriles is 1. The van der Waals surface area contributed by atoms with E-state index in [1.807, 2.05) is 24.3 Å².